The first-order valence-corrected chi connectivity index (χ1v) is 7.79. The van der Waals surface area contributed by atoms with Crippen LogP contribution in [-0.2, 0) is 24.6 Å². The molecule has 0 radical (unpaired) electrons. The van der Waals surface area contributed by atoms with Crippen LogP contribution in [-0.4, -0.2) is 27.9 Å². The van der Waals surface area contributed by atoms with Crippen LogP contribution in [0.1, 0.15) is 38.3 Å². The number of ether oxygens (including phenoxy) is 1. The number of aryl methyl sites for hydroxylation is 2. The first-order chi connectivity index (χ1) is 11.9. The van der Waals surface area contributed by atoms with Gasteiger partial charge in [-0.15, -0.1) is 0 Å². The molecule has 0 amide bonds. The first-order valence-electron chi connectivity index (χ1n) is 7.79. The molecule has 8 nitrogen and oxygen atoms in total. The molecule has 1 aliphatic rings. The summed E-state index contributed by atoms with van der Waals surface area (Å²) < 4.78 is 5.94. The number of rotatable bonds is 4. The fourth-order valence-corrected chi connectivity index (χ4v) is 2.89. The molecular weight excluding hydrogens is 326 g/mol. The molecule has 130 valence electrons. The number of aromatic nitrogens is 2. The molecule has 0 unspecified atom stereocenters. The van der Waals surface area contributed by atoms with Crippen molar-refractivity contribution >= 4 is 17.6 Å². The van der Waals surface area contributed by atoms with Crippen molar-refractivity contribution in [1.82, 2.24) is 9.55 Å². The van der Waals surface area contributed by atoms with Crippen molar-refractivity contribution in [3.63, 3.8) is 0 Å². The fourth-order valence-electron chi connectivity index (χ4n) is 2.89. The number of benzene rings is 1. The van der Waals surface area contributed by atoms with Gasteiger partial charge in [-0.2, -0.15) is 0 Å². The largest absolute Gasteiger partial charge is 0.454 e. The Bertz CT molecular complexity index is 987. The molecule has 3 rings (SSSR count). The van der Waals surface area contributed by atoms with E-state index < -0.39 is 35.2 Å². The molecule has 1 aromatic carbocycles. The number of nitrogen functional groups attached to an aromatic ring is 1. The van der Waals surface area contributed by atoms with Crippen LogP contribution in [0.4, 0.5) is 5.82 Å². The molecule has 0 spiro atoms. The van der Waals surface area contributed by atoms with Gasteiger partial charge >= 0.3 is 11.7 Å². The monoisotopic (exact) mass is 343 g/mol. The second kappa shape index (κ2) is 6.39. The Morgan fingerprint density at radius 2 is 1.96 bits per heavy atom. The lowest BCUT2D eigenvalue weighted by Gasteiger charge is -2.09. The summed E-state index contributed by atoms with van der Waals surface area (Å²) in [5.41, 5.74) is 6.30. The number of H-pyrrole nitrogens is 1. The lowest BCUT2D eigenvalue weighted by molar-refractivity contribution is 0.0474. The predicted octanol–water partition coefficient (Wildman–Crippen LogP) is 0.184. The van der Waals surface area contributed by atoms with Gasteiger partial charge in [0, 0.05) is 7.05 Å². The molecule has 0 bridgehead atoms. The van der Waals surface area contributed by atoms with Crippen molar-refractivity contribution < 1.29 is 14.3 Å². The van der Waals surface area contributed by atoms with Crippen molar-refractivity contribution in [2.24, 2.45) is 7.05 Å². The van der Waals surface area contributed by atoms with Crippen LogP contribution in [0.5, 0.6) is 0 Å². The van der Waals surface area contributed by atoms with E-state index in [2.05, 4.69) is 0 Å². The summed E-state index contributed by atoms with van der Waals surface area (Å²) in [5.74, 6) is -1.70. The minimum absolute atomic E-state index is 0.271. The molecule has 25 heavy (non-hydrogen) atoms. The Labute approximate surface area is 142 Å². The molecule has 2 aromatic rings. The number of hydrogen-bond donors (Lipinski definition) is 2. The van der Waals surface area contributed by atoms with E-state index in [1.165, 1.54) is 12.6 Å². The molecule has 0 fully saturated rings. The Balaban J connectivity index is 1.75. The number of nitrogens with two attached hydrogens (primary N) is 1. The van der Waals surface area contributed by atoms with Gasteiger partial charge in [-0.1, -0.05) is 6.07 Å². The molecule has 1 aromatic heterocycles. The van der Waals surface area contributed by atoms with E-state index in [9.17, 15) is 19.2 Å². The van der Waals surface area contributed by atoms with Crippen LogP contribution in [0.15, 0.2) is 27.8 Å². The van der Waals surface area contributed by atoms with Crippen molar-refractivity contribution in [1.29, 1.82) is 0 Å². The summed E-state index contributed by atoms with van der Waals surface area (Å²) in [6.07, 6.45) is 2.97. The molecule has 0 atom stereocenters. The van der Waals surface area contributed by atoms with E-state index in [0.29, 0.717) is 5.56 Å². The number of hydrogen-bond acceptors (Lipinski definition) is 6. The third kappa shape index (κ3) is 3.10. The zero-order valence-electron chi connectivity index (χ0n) is 13.6. The number of nitrogens with one attached hydrogen (secondary N) is 1. The Morgan fingerprint density at radius 1 is 1.24 bits per heavy atom. The summed E-state index contributed by atoms with van der Waals surface area (Å²) in [5, 5.41) is 0. The van der Waals surface area contributed by atoms with Gasteiger partial charge in [-0.05, 0) is 42.5 Å². The Hall–Kier alpha value is -3.16. The van der Waals surface area contributed by atoms with Gasteiger partial charge in [0.15, 0.2) is 6.61 Å². The highest BCUT2D eigenvalue weighted by Crippen LogP contribution is 2.23. The van der Waals surface area contributed by atoms with Gasteiger partial charge in [0.1, 0.15) is 11.4 Å². The lowest BCUT2D eigenvalue weighted by Crippen LogP contribution is -2.35. The molecule has 1 aliphatic carbocycles. The Kier molecular flexibility index (Phi) is 4.26. The minimum atomic E-state index is -0.904. The van der Waals surface area contributed by atoms with E-state index in [1.807, 2.05) is 11.1 Å². The molecule has 8 heteroatoms. The number of ketones is 1. The van der Waals surface area contributed by atoms with Crippen LogP contribution >= 0.6 is 0 Å². The number of carbonyl (C=O) groups excluding carboxylic acids is 2. The summed E-state index contributed by atoms with van der Waals surface area (Å²) >= 11 is 0. The van der Waals surface area contributed by atoms with Crippen LogP contribution in [0.3, 0.4) is 0 Å². The maximum absolute atomic E-state index is 12.2. The number of esters is 1. The van der Waals surface area contributed by atoms with Crippen molar-refractivity contribution in [2.45, 2.75) is 19.3 Å². The predicted molar refractivity (Wildman–Crippen MR) is 89.8 cm³/mol. The van der Waals surface area contributed by atoms with Crippen LogP contribution in [0, 0.1) is 0 Å². The third-order valence-electron chi connectivity index (χ3n) is 4.32. The van der Waals surface area contributed by atoms with Gasteiger partial charge < -0.3 is 10.5 Å². The lowest BCUT2D eigenvalue weighted by atomic mass is 10.1. The third-order valence-corrected chi connectivity index (χ3v) is 4.32. The molecule has 3 N–H and O–H groups in total. The summed E-state index contributed by atoms with van der Waals surface area (Å²) in [7, 11) is 1.32. The topological polar surface area (TPSA) is 124 Å². The SMILES string of the molecule is Cn1c(N)c(C(=O)COC(=O)c2ccc3c(c2)CCC3)c(=O)[nH]c1=O. The summed E-state index contributed by atoms with van der Waals surface area (Å²) in [6, 6.07) is 5.31. The number of anilines is 1. The number of aromatic amines is 1. The fraction of sp³-hybridized carbons (Fsp3) is 0.294. The second-order valence-electron chi connectivity index (χ2n) is 5.91. The number of Topliss-reactive ketones (excluding diaryl/α,β-unsaturated/α-hetero) is 1. The molecular formula is C17H17N3O5. The van der Waals surface area contributed by atoms with Crippen molar-refractivity contribution in [3.05, 3.63) is 61.3 Å². The van der Waals surface area contributed by atoms with Crippen molar-refractivity contribution in [3.8, 4) is 0 Å². The summed E-state index contributed by atoms with van der Waals surface area (Å²) in [6.45, 7) is -0.637. The van der Waals surface area contributed by atoms with E-state index in [4.69, 9.17) is 10.5 Å². The molecule has 0 saturated heterocycles. The second-order valence-corrected chi connectivity index (χ2v) is 5.91. The summed E-state index contributed by atoms with van der Waals surface area (Å²) in [4.78, 5) is 49.5. The van der Waals surface area contributed by atoms with Gasteiger partial charge in [0.25, 0.3) is 5.56 Å². The van der Waals surface area contributed by atoms with Crippen LogP contribution < -0.4 is 17.0 Å². The van der Waals surface area contributed by atoms with Crippen molar-refractivity contribution in [2.75, 3.05) is 12.3 Å². The average Bonchev–Trinajstić information content (AvgIpc) is 3.05. The van der Waals surface area contributed by atoms with E-state index in [-0.39, 0.29) is 5.82 Å². The van der Waals surface area contributed by atoms with Crippen LogP contribution in [0.2, 0.25) is 0 Å². The van der Waals surface area contributed by atoms with Gasteiger partial charge in [0.2, 0.25) is 5.78 Å². The first kappa shape index (κ1) is 16.7. The average molecular weight is 343 g/mol. The Morgan fingerprint density at radius 3 is 2.72 bits per heavy atom. The number of nitrogens with zero attached hydrogens (tertiary/aromatic N) is 1. The smallest absolute Gasteiger partial charge is 0.338 e. The zero-order valence-corrected chi connectivity index (χ0v) is 13.6. The molecule has 1 heterocycles. The highest BCUT2D eigenvalue weighted by atomic mass is 16.5. The highest BCUT2D eigenvalue weighted by molar-refractivity contribution is 6.02. The molecule has 0 aliphatic heterocycles. The number of fused-ring (bicyclic) bond motifs is 1. The standard InChI is InChI=1S/C17H17N3O5/c1-20-14(18)13(15(22)19-17(20)24)12(21)8-25-16(23)11-6-5-9-3-2-4-10(9)7-11/h5-7H,2-4,8,18H2,1H3,(H,19,22,24). The van der Waals surface area contributed by atoms with Gasteiger partial charge in [-0.3, -0.25) is 19.1 Å². The minimum Gasteiger partial charge on any atom is -0.454 e. The highest BCUT2D eigenvalue weighted by Gasteiger charge is 2.20. The zero-order chi connectivity index (χ0) is 18.1. The maximum atomic E-state index is 12.2. The van der Waals surface area contributed by atoms with E-state index in [0.717, 1.165) is 29.4 Å². The quantitative estimate of drug-likeness (QED) is 0.603. The molecule has 0 saturated carbocycles. The van der Waals surface area contributed by atoms with E-state index in [1.54, 1.807) is 12.1 Å². The number of carbonyl (C=O) groups is 2. The normalized spacial score (nSPS) is 12.7. The van der Waals surface area contributed by atoms with Gasteiger partial charge in [0.05, 0.1) is 5.56 Å². The van der Waals surface area contributed by atoms with Crippen LogP contribution in [0.25, 0.3) is 0 Å². The van der Waals surface area contributed by atoms with E-state index >= 15 is 0 Å². The van der Waals surface area contributed by atoms with Gasteiger partial charge in [-0.25, -0.2) is 9.59 Å². The maximum Gasteiger partial charge on any atom is 0.338 e.